The number of benzene rings is 2. The van der Waals surface area contributed by atoms with Gasteiger partial charge < -0.3 is 14.4 Å². The molecule has 0 saturated carbocycles. The molecule has 0 radical (unpaired) electrons. The van der Waals surface area contributed by atoms with Crippen LogP contribution in [-0.2, 0) is 19.6 Å². The van der Waals surface area contributed by atoms with Crippen LogP contribution in [0, 0.1) is 5.92 Å². The van der Waals surface area contributed by atoms with Crippen LogP contribution in [0.15, 0.2) is 71.5 Å². The molecule has 160 valence electrons. The summed E-state index contributed by atoms with van der Waals surface area (Å²) in [4.78, 5) is 16.6. The number of hydrogen-bond acceptors (Lipinski definition) is 1. The minimum absolute atomic E-state index is 0.194. The third-order valence-electron chi connectivity index (χ3n) is 6.95. The molecule has 0 spiro atoms. The van der Waals surface area contributed by atoms with Crippen molar-refractivity contribution < 1.29 is 9.80 Å². The molecule has 31 heavy (non-hydrogen) atoms. The van der Waals surface area contributed by atoms with Crippen LogP contribution in [0.3, 0.4) is 0 Å². The van der Waals surface area contributed by atoms with Crippen LogP contribution in [0.25, 0.3) is 11.1 Å². The second kappa shape index (κ2) is 8.45. The molecule has 3 atom stereocenters. The quantitative estimate of drug-likeness (QED) is 0.648. The van der Waals surface area contributed by atoms with E-state index in [2.05, 4.69) is 79.3 Å². The second-order valence-corrected chi connectivity index (χ2v) is 9.75. The predicted octanol–water partition coefficient (Wildman–Crippen LogP) is 1.36. The van der Waals surface area contributed by atoms with Gasteiger partial charge in [-0.25, -0.2) is 0 Å². The monoisotopic (exact) mass is 415 g/mol. The second-order valence-electron chi connectivity index (χ2n) is 9.75. The van der Waals surface area contributed by atoms with Gasteiger partial charge in [0.25, 0.3) is 5.56 Å². The maximum atomic E-state index is 13.6. The Hall–Kier alpha value is -2.69. The Labute approximate surface area is 184 Å². The number of aromatic nitrogens is 1. The predicted molar refractivity (Wildman–Crippen MR) is 124 cm³/mol. The van der Waals surface area contributed by atoms with Crippen molar-refractivity contribution in [3.63, 3.8) is 0 Å². The molecule has 4 heteroatoms. The van der Waals surface area contributed by atoms with Gasteiger partial charge in [0.15, 0.2) is 0 Å². The van der Waals surface area contributed by atoms with Gasteiger partial charge in [0.1, 0.15) is 13.1 Å². The molecule has 4 nitrogen and oxygen atoms in total. The lowest BCUT2D eigenvalue weighted by atomic mass is 9.82. The summed E-state index contributed by atoms with van der Waals surface area (Å²) in [5.74, 6) is 1.06. The average molecular weight is 416 g/mol. The summed E-state index contributed by atoms with van der Waals surface area (Å²) in [7, 11) is 4.31. The molecule has 1 aromatic heterocycles. The lowest BCUT2D eigenvalue weighted by Crippen LogP contribution is -3.13. The molecular weight excluding hydrogens is 382 g/mol. The lowest BCUT2D eigenvalue weighted by molar-refractivity contribution is -0.924. The Kier molecular flexibility index (Phi) is 5.51. The molecule has 1 fully saturated rings. The van der Waals surface area contributed by atoms with Crippen LogP contribution in [0.4, 0.5) is 0 Å². The van der Waals surface area contributed by atoms with Crippen molar-refractivity contribution in [2.45, 2.75) is 32.0 Å². The first-order valence-electron chi connectivity index (χ1n) is 11.6. The van der Waals surface area contributed by atoms with Gasteiger partial charge in [0.2, 0.25) is 0 Å². The standard InChI is InChI=1S/C27H31N3O/c1-28(2)18-22-10-6-7-11-24(22)25-12-13-26-23-14-21(17-30(26)27(25)31)16-29(19-23)15-20-8-4-3-5-9-20/h3-13,21,23H,14-19H2,1-2H3/p+2/t21-,23+/m0/s1. The van der Waals surface area contributed by atoms with Crippen LogP contribution in [-0.4, -0.2) is 31.8 Å². The highest BCUT2D eigenvalue weighted by molar-refractivity contribution is 5.66. The third-order valence-corrected chi connectivity index (χ3v) is 6.95. The van der Waals surface area contributed by atoms with Gasteiger partial charge in [-0.15, -0.1) is 0 Å². The van der Waals surface area contributed by atoms with Gasteiger partial charge in [0.05, 0.1) is 27.2 Å². The smallest absolute Gasteiger partial charge is 0.258 e. The van der Waals surface area contributed by atoms with E-state index in [4.69, 9.17) is 0 Å². The molecule has 0 aliphatic carbocycles. The SMILES string of the molecule is C[NH+](C)Cc1ccccc1-c1ccc2n(c1=O)C[C@H]1C[C@@H]2C[NH+](Cc2ccccc2)C1. The first kappa shape index (κ1) is 20.2. The molecule has 1 saturated heterocycles. The third kappa shape index (κ3) is 4.10. The highest BCUT2D eigenvalue weighted by Crippen LogP contribution is 2.32. The highest BCUT2D eigenvalue weighted by atomic mass is 16.1. The number of likely N-dealkylation sites (tertiary alicyclic amines) is 1. The molecule has 2 aliphatic rings. The number of fused-ring (bicyclic) bond motifs is 4. The molecule has 2 N–H and O–H groups in total. The van der Waals surface area contributed by atoms with E-state index in [1.165, 1.54) is 28.1 Å². The maximum Gasteiger partial charge on any atom is 0.258 e. The molecule has 2 aliphatic heterocycles. The Morgan fingerprint density at radius 3 is 2.52 bits per heavy atom. The van der Waals surface area contributed by atoms with Crippen molar-refractivity contribution in [1.29, 1.82) is 0 Å². The number of piperidine rings is 1. The molecule has 3 heterocycles. The first-order chi connectivity index (χ1) is 15.1. The fourth-order valence-corrected chi connectivity index (χ4v) is 5.72. The van der Waals surface area contributed by atoms with Crippen LogP contribution >= 0.6 is 0 Å². The molecule has 5 rings (SSSR count). The molecule has 2 aromatic carbocycles. The number of nitrogens with one attached hydrogen (secondary N) is 2. The van der Waals surface area contributed by atoms with E-state index >= 15 is 0 Å². The van der Waals surface area contributed by atoms with Crippen molar-refractivity contribution in [1.82, 2.24) is 4.57 Å². The fourth-order valence-electron chi connectivity index (χ4n) is 5.72. The van der Waals surface area contributed by atoms with Crippen LogP contribution in [0.5, 0.6) is 0 Å². The maximum absolute atomic E-state index is 13.6. The summed E-state index contributed by atoms with van der Waals surface area (Å²) in [6.07, 6.45) is 1.22. The largest absolute Gasteiger partial charge is 0.336 e. The normalized spacial score (nSPS) is 22.4. The van der Waals surface area contributed by atoms with Crippen molar-refractivity contribution in [2.75, 3.05) is 27.2 Å². The number of rotatable bonds is 5. The van der Waals surface area contributed by atoms with E-state index in [0.29, 0.717) is 11.8 Å². The summed E-state index contributed by atoms with van der Waals surface area (Å²) >= 11 is 0. The first-order valence-corrected chi connectivity index (χ1v) is 11.6. The highest BCUT2D eigenvalue weighted by Gasteiger charge is 2.37. The van der Waals surface area contributed by atoms with Gasteiger partial charge in [-0.1, -0.05) is 54.6 Å². The van der Waals surface area contributed by atoms with Gasteiger partial charge in [-0.3, -0.25) is 4.79 Å². The molecule has 1 unspecified atom stereocenters. The molecule has 2 bridgehead atoms. The van der Waals surface area contributed by atoms with Crippen molar-refractivity contribution in [2.24, 2.45) is 5.92 Å². The van der Waals surface area contributed by atoms with Crippen molar-refractivity contribution in [3.8, 4) is 11.1 Å². The minimum atomic E-state index is 0.194. The van der Waals surface area contributed by atoms with Gasteiger partial charge in [-0.2, -0.15) is 0 Å². The Bertz CT molecular complexity index is 1120. The topological polar surface area (TPSA) is 30.9 Å². The Morgan fingerprint density at radius 1 is 0.935 bits per heavy atom. The summed E-state index contributed by atoms with van der Waals surface area (Å²) < 4.78 is 2.10. The summed E-state index contributed by atoms with van der Waals surface area (Å²) in [6.45, 7) is 5.13. The van der Waals surface area contributed by atoms with E-state index in [1.54, 1.807) is 4.90 Å². The molecule has 3 aromatic rings. The van der Waals surface area contributed by atoms with Gasteiger partial charge in [0, 0.05) is 40.8 Å². The van der Waals surface area contributed by atoms with Crippen LogP contribution in [0.1, 0.15) is 29.2 Å². The molecular formula is C27H33N3O+2. The van der Waals surface area contributed by atoms with Crippen molar-refractivity contribution >= 4 is 0 Å². The molecule has 0 amide bonds. The fraction of sp³-hybridized carbons (Fsp3) is 0.370. The van der Waals surface area contributed by atoms with E-state index in [-0.39, 0.29) is 5.56 Å². The van der Waals surface area contributed by atoms with Gasteiger partial charge in [-0.05, 0) is 24.1 Å². The number of hydrogen-bond donors (Lipinski definition) is 2. The summed E-state index contributed by atoms with van der Waals surface area (Å²) in [5, 5.41) is 0. The number of quaternary nitrogens is 2. The zero-order valence-corrected chi connectivity index (χ0v) is 18.6. The van der Waals surface area contributed by atoms with E-state index in [0.717, 1.165) is 43.9 Å². The van der Waals surface area contributed by atoms with Gasteiger partial charge >= 0.3 is 0 Å². The average Bonchev–Trinajstić information content (AvgIpc) is 2.75. The van der Waals surface area contributed by atoms with E-state index in [9.17, 15) is 4.79 Å². The van der Waals surface area contributed by atoms with Crippen LogP contribution in [0.2, 0.25) is 0 Å². The minimum Gasteiger partial charge on any atom is -0.336 e. The number of nitrogens with zero attached hydrogens (tertiary/aromatic N) is 1. The zero-order valence-electron chi connectivity index (χ0n) is 18.6. The Morgan fingerprint density at radius 2 is 1.71 bits per heavy atom. The van der Waals surface area contributed by atoms with E-state index in [1.807, 2.05) is 6.07 Å². The zero-order chi connectivity index (χ0) is 21.4. The summed E-state index contributed by atoms with van der Waals surface area (Å²) in [5.41, 5.74) is 6.04. The van der Waals surface area contributed by atoms with E-state index < -0.39 is 0 Å². The lowest BCUT2D eigenvalue weighted by Gasteiger charge is -2.40. The number of pyridine rings is 1. The Balaban J connectivity index is 1.45. The van der Waals surface area contributed by atoms with Crippen molar-refractivity contribution in [3.05, 3.63) is 93.9 Å². The summed E-state index contributed by atoms with van der Waals surface area (Å²) in [6, 6.07) is 23.5. The van der Waals surface area contributed by atoms with Crippen LogP contribution < -0.4 is 15.4 Å².